The van der Waals surface area contributed by atoms with Crippen LogP contribution in [-0.2, 0) is 0 Å². The van der Waals surface area contributed by atoms with Gasteiger partial charge in [0, 0.05) is 23.7 Å². The van der Waals surface area contributed by atoms with Crippen LogP contribution in [0.3, 0.4) is 0 Å². The number of hydrogen-bond donors (Lipinski definition) is 1. The molecule has 0 aromatic heterocycles. The van der Waals surface area contributed by atoms with Crippen molar-refractivity contribution in [3.05, 3.63) is 63.7 Å². The van der Waals surface area contributed by atoms with Gasteiger partial charge in [-0.05, 0) is 75.4 Å². The summed E-state index contributed by atoms with van der Waals surface area (Å²) in [7, 11) is 0. The minimum absolute atomic E-state index is 0.0258. The molecule has 0 radical (unpaired) electrons. The van der Waals surface area contributed by atoms with E-state index in [4.69, 9.17) is 16.3 Å². The van der Waals surface area contributed by atoms with Gasteiger partial charge in [-0.15, -0.1) is 0 Å². The van der Waals surface area contributed by atoms with Crippen molar-refractivity contribution in [2.24, 2.45) is 0 Å². The molecule has 5 heteroatoms. The average molecular weight is 402 g/mol. The molecular formula is C23H28ClNO3. The first-order chi connectivity index (χ1) is 13.3. The summed E-state index contributed by atoms with van der Waals surface area (Å²) >= 11 is 6.21. The zero-order valence-corrected chi connectivity index (χ0v) is 17.6. The Hall–Kier alpha value is -2.04. The summed E-state index contributed by atoms with van der Waals surface area (Å²) in [5.74, 6) is 0.739. The van der Waals surface area contributed by atoms with E-state index in [9.17, 15) is 9.90 Å². The van der Waals surface area contributed by atoms with E-state index in [1.165, 1.54) is 0 Å². The fraction of sp³-hybridized carbons (Fsp3) is 0.435. The number of carbonyl (C=O) groups excluding carboxylic acids is 1. The molecule has 0 spiro atoms. The molecule has 1 aliphatic rings. The van der Waals surface area contributed by atoms with Crippen molar-refractivity contribution in [1.82, 2.24) is 4.90 Å². The van der Waals surface area contributed by atoms with E-state index >= 15 is 0 Å². The number of halogens is 1. The van der Waals surface area contributed by atoms with Crippen LogP contribution in [0.4, 0.5) is 0 Å². The summed E-state index contributed by atoms with van der Waals surface area (Å²) in [5.41, 5.74) is 2.75. The highest BCUT2D eigenvalue weighted by molar-refractivity contribution is 6.32. The van der Waals surface area contributed by atoms with Gasteiger partial charge in [0.05, 0.1) is 0 Å². The van der Waals surface area contributed by atoms with Crippen LogP contribution in [0.25, 0.3) is 0 Å². The van der Waals surface area contributed by atoms with E-state index < -0.39 is 5.60 Å². The van der Waals surface area contributed by atoms with Gasteiger partial charge < -0.3 is 14.7 Å². The topological polar surface area (TPSA) is 49.8 Å². The van der Waals surface area contributed by atoms with Crippen molar-refractivity contribution in [3.8, 4) is 5.75 Å². The third-order valence-electron chi connectivity index (χ3n) is 5.39. The largest absolute Gasteiger partial charge is 0.491 e. The third kappa shape index (κ3) is 4.86. The van der Waals surface area contributed by atoms with E-state index in [0.29, 0.717) is 37.2 Å². The number of nitrogens with zero attached hydrogens (tertiary/aromatic N) is 1. The number of ether oxygens (including phenoxy) is 1. The van der Waals surface area contributed by atoms with Crippen LogP contribution in [0.15, 0.2) is 36.4 Å². The van der Waals surface area contributed by atoms with Gasteiger partial charge in [-0.3, -0.25) is 4.79 Å². The summed E-state index contributed by atoms with van der Waals surface area (Å²) < 4.78 is 5.90. The molecule has 2 aromatic carbocycles. The van der Waals surface area contributed by atoms with Gasteiger partial charge in [-0.2, -0.15) is 0 Å². The summed E-state index contributed by atoms with van der Waals surface area (Å²) in [6.45, 7) is 7.24. The molecule has 1 atom stereocenters. The number of benzene rings is 2. The minimum Gasteiger partial charge on any atom is -0.491 e. The van der Waals surface area contributed by atoms with Crippen molar-refractivity contribution in [1.29, 1.82) is 0 Å². The SMILES string of the molecule is Cc1cccc(C(=O)N2CCCC(O)(COc3cc(C)c(Cl)c(C)c3)CC2)c1. The maximum Gasteiger partial charge on any atom is 0.253 e. The number of aryl methyl sites for hydroxylation is 3. The maximum atomic E-state index is 12.8. The fourth-order valence-electron chi connectivity index (χ4n) is 3.69. The predicted octanol–water partition coefficient (Wildman–Crippen LogP) is 4.70. The summed E-state index contributed by atoms with van der Waals surface area (Å²) in [6.07, 6.45) is 1.85. The molecule has 4 nitrogen and oxygen atoms in total. The summed E-state index contributed by atoms with van der Waals surface area (Å²) in [4.78, 5) is 14.6. The van der Waals surface area contributed by atoms with Gasteiger partial charge in [0.1, 0.15) is 18.0 Å². The molecule has 0 bridgehead atoms. The normalized spacial score (nSPS) is 20.0. The Bertz CT molecular complexity index is 844. The molecule has 1 heterocycles. The predicted molar refractivity (Wildman–Crippen MR) is 112 cm³/mol. The van der Waals surface area contributed by atoms with Crippen molar-refractivity contribution >= 4 is 17.5 Å². The lowest BCUT2D eigenvalue weighted by atomic mass is 9.96. The first-order valence-corrected chi connectivity index (χ1v) is 10.1. The van der Waals surface area contributed by atoms with Crippen molar-refractivity contribution in [2.75, 3.05) is 19.7 Å². The Kier molecular flexibility index (Phi) is 6.31. The van der Waals surface area contributed by atoms with Crippen LogP contribution in [0.5, 0.6) is 5.75 Å². The van der Waals surface area contributed by atoms with Crippen LogP contribution in [0.2, 0.25) is 5.02 Å². The lowest BCUT2D eigenvalue weighted by Crippen LogP contribution is -2.38. The Morgan fingerprint density at radius 1 is 1.14 bits per heavy atom. The molecule has 150 valence electrons. The molecule has 1 aliphatic heterocycles. The van der Waals surface area contributed by atoms with Crippen LogP contribution in [0, 0.1) is 20.8 Å². The molecular weight excluding hydrogens is 374 g/mol. The van der Waals surface area contributed by atoms with E-state index in [1.54, 1.807) is 0 Å². The zero-order chi connectivity index (χ0) is 20.3. The van der Waals surface area contributed by atoms with E-state index in [1.807, 2.05) is 62.1 Å². The molecule has 1 saturated heterocycles. The van der Waals surface area contributed by atoms with Gasteiger partial charge in [0.15, 0.2) is 0 Å². The van der Waals surface area contributed by atoms with E-state index in [2.05, 4.69) is 0 Å². The van der Waals surface area contributed by atoms with Gasteiger partial charge in [-0.1, -0.05) is 29.3 Å². The average Bonchev–Trinajstić information content (AvgIpc) is 2.86. The van der Waals surface area contributed by atoms with E-state index in [0.717, 1.165) is 28.1 Å². The van der Waals surface area contributed by atoms with Crippen molar-refractivity contribution in [3.63, 3.8) is 0 Å². The first kappa shape index (κ1) is 20.7. The second kappa shape index (κ2) is 8.54. The van der Waals surface area contributed by atoms with Crippen LogP contribution >= 0.6 is 11.6 Å². The molecule has 1 amide bonds. The highest BCUT2D eigenvalue weighted by Crippen LogP contribution is 2.28. The number of hydrogen-bond acceptors (Lipinski definition) is 3. The van der Waals surface area contributed by atoms with Crippen LogP contribution < -0.4 is 4.74 Å². The van der Waals surface area contributed by atoms with Crippen molar-refractivity contribution in [2.45, 2.75) is 45.6 Å². The zero-order valence-electron chi connectivity index (χ0n) is 16.8. The Labute approximate surface area is 172 Å². The Balaban J connectivity index is 1.63. The van der Waals surface area contributed by atoms with Crippen LogP contribution in [-0.4, -0.2) is 41.2 Å². The first-order valence-electron chi connectivity index (χ1n) is 9.75. The molecule has 2 aromatic rings. The summed E-state index contributed by atoms with van der Waals surface area (Å²) in [6, 6.07) is 11.4. The second-order valence-corrected chi connectivity index (χ2v) is 8.28. The van der Waals surface area contributed by atoms with Gasteiger partial charge in [0.2, 0.25) is 0 Å². The quantitative estimate of drug-likeness (QED) is 0.807. The molecule has 28 heavy (non-hydrogen) atoms. The smallest absolute Gasteiger partial charge is 0.253 e. The maximum absolute atomic E-state index is 12.8. The highest BCUT2D eigenvalue weighted by atomic mass is 35.5. The lowest BCUT2D eigenvalue weighted by Gasteiger charge is -2.27. The number of likely N-dealkylation sites (tertiary alicyclic amines) is 1. The molecule has 1 N–H and O–H groups in total. The number of amides is 1. The Morgan fingerprint density at radius 3 is 2.54 bits per heavy atom. The van der Waals surface area contributed by atoms with Crippen molar-refractivity contribution < 1.29 is 14.6 Å². The molecule has 1 fully saturated rings. The summed E-state index contributed by atoms with van der Waals surface area (Å²) in [5, 5.41) is 11.8. The van der Waals surface area contributed by atoms with Gasteiger partial charge >= 0.3 is 0 Å². The number of carbonyl (C=O) groups is 1. The third-order valence-corrected chi connectivity index (χ3v) is 5.98. The molecule has 0 saturated carbocycles. The highest BCUT2D eigenvalue weighted by Gasteiger charge is 2.32. The van der Waals surface area contributed by atoms with E-state index in [-0.39, 0.29) is 12.5 Å². The number of rotatable bonds is 4. The lowest BCUT2D eigenvalue weighted by molar-refractivity contribution is -0.0163. The molecule has 1 unspecified atom stereocenters. The van der Waals surface area contributed by atoms with Gasteiger partial charge in [-0.25, -0.2) is 0 Å². The fourth-order valence-corrected chi connectivity index (χ4v) is 3.80. The monoisotopic (exact) mass is 401 g/mol. The second-order valence-electron chi connectivity index (χ2n) is 7.90. The Morgan fingerprint density at radius 2 is 1.86 bits per heavy atom. The molecule has 3 rings (SSSR count). The number of aliphatic hydroxyl groups is 1. The van der Waals surface area contributed by atoms with Gasteiger partial charge in [0.25, 0.3) is 5.91 Å². The molecule has 0 aliphatic carbocycles. The standard InChI is InChI=1S/C23H28ClNO3/c1-16-6-4-7-19(12-16)22(26)25-10-5-8-23(27,9-11-25)15-28-20-13-17(2)21(24)18(3)14-20/h4,6-7,12-14,27H,5,8-11,15H2,1-3H3. The van der Waals surface area contributed by atoms with Crippen LogP contribution in [0.1, 0.15) is 46.3 Å². The minimum atomic E-state index is -0.941.